The monoisotopic (exact) mass is 931 g/mol. The van der Waals surface area contributed by atoms with Gasteiger partial charge in [-0.25, -0.2) is 87.8 Å². The first-order valence-corrected chi connectivity index (χ1v) is 17.4. The Kier molecular flexibility index (Phi) is 12.6. The Hall–Kier alpha value is -6.26. The lowest BCUT2D eigenvalue weighted by atomic mass is 9.12. The molecule has 0 atom stereocenters. The van der Waals surface area contributed by atoms with Crippen LogP contribution >= 0.6 is 12.6 Å². The number of fused-ring (bicyclic) bond motifs is 1. The molecule has 63 heavy (non-hydrogen) atoms. The quantitative estimate of drug-likeness (QED) is 0.0424. The lowest BCUT2D eigenvalue weighted by Gasteiger charge is -2.44. The summed E-state index contributed by atoms with van der Waals surface area (Å²) in [5, 5.41) is 1.22. The average Bonchev–Trinajstić information content (AvgIpc) is 3.26. The number of aromatic nitrogens is 1. The molecule has 6 aromatic carbocycles. The summed E-state index contributed by atoms with van der Waals surface area (Å²) < 4.78 is 296. The van der Waals surface area contributed by atoms with E-state index in [0.717, 1.165) is 11.4 Å². The highest BCUT2D eigenvalue weighted by atomic mass is 32.1. The highest BCUT2D eigenvalue weighted by Gasteiger charge is 2.52. The lowest BCUT2D eigenvalue weighted by Crippen LogP contribution is -2.81. The van der Waals surface area contributed by atoms with Crippen LogP contribution in [0.5, 0.6) is 0 Å². The molecule has 0 spiro atoms. The third-order valence-corrected chi connectivity index (χ3v) is 9.99. The van der Waals surface area contributed by atoms with Crippen molar-refractivity contribution in [3.05, 3.63) is 189 Å². The SMILES string of the molecule is Fc1c(F)c(F)c([B-](c2c(F)c(F)c(F)c(F)c2F)(c2c(F)c(F)c(F)c(F)c2F)c2c(F)c(F)c(F)c(F)c2F)c(F)c1F.Sc1cc2ccccc2[n+](Cc2ccccc2)c1. The molecule has 0 aliphatic rings. The van der Waals surface area contributed by atoms with Crippen molar-refractivity contribution in [2.45, 2.75) is 11.4 Å². The van der Waals surface area contributed by atoms with E-state index in [0.29, 0.717) is 0 Å². The van der Waals surface area contributed by atoms with Crippen LogP contribution in [0.4, 0.5) is 87.8 Å². The highest BCUT2D eigenvalue weighted by Crippen LogP contribution is 2.31. The number of thiol groups is 1. The molecule has 0 N–H and O–H groups in total. The maximum atomic E-state index is 15.4. The van der Waals surface area contributed by atoms with Gasteiger partial charge < -0.3 is 0 Å². The van der Waals surface area contributed by atoms with Crippen LogP contribution in [0.2, 0.25) is 0 Å². The van der Waals surface area contributed by atoms with Crippen molar-refractivity contribution in [2.24, 2.45) is 0 Å². The largest absolute Gasteiger partial charge is 0.212 e. The Morgan fingerprint density at radius 3 is 0.937 bits per heavy atom. The van der Waals surface area contributed by atoms with E-state index in [-0.39, 0.29) is 0 Å². The molecule has 0 bridgehead atoms. The molecular weight excluding hydrogens is 917 g/mol. The Labute approximate surface area is 343 Å². The molecule has 1 nitrogen and oxygen atoms in total. The number of rotatable bonds is 6. The number of hydrogen-bond donors (Lipinski definition) is 1. The molecule has 1 heterocycles. The molecule has 0 aliphatic carbocycles. The van der Waals surface area contributed by atoms with E-state index >= 15 is 35.1 Å². The molecule has 0 fully saturated rings. The van der Waals surface area contributed by atoms with Crippen LogP contribution < -0.4 is 26.4 Å². The number of hydrogen-bond acceptors (Lipinski definition) is 1. The van der Waals surface area contributed by atoms with Gasteiger partial charge in [0.1, 0.15) is 52.7 Å². The fraction of sp³-hybridized carbons (Fsp3) is 0.0250. The number of halogens is 20. The van der Waals surface area contributed by atoms with Crippen molar-refractivity contribution in [3.8, 4) is 0 Å². The van der Waals surface area contributed by atoms with E-state index in [1.807, 2.05) is 6.07 Å². The summed E-state index contributed by atoms with van der Waals surface area (Å²) in [4.78, 5) is 0.990. The molecule has 328 valence electrons. The molecule has 1 aromatic heterocycles. The number of benzene rings is 6. The number of para-hydroxylation sites is 1. The van der Waals surface area contributed by atoms with E-state index in [4.69, 9.17) is 0 Å². The van der Waals surface area contributed by atoms with E-state index in [9.17, 15) is 52.7 Å². The van der Waals surface area contributed by atoms with Crippen molar-refractivity contribution < 1.29 is 92.4 Å². The number of pyridine rings is 1. The summed E-state index contributed by atoms with van der Waals surface area (Å²) in [6.07, 6.45) is -5.14. The minimum Gasteiger partial charge on any atom is -0.207 e. The van der Waals surface area contributed by atoms with Gasteiger partial charge >= 0.3 is 0 Å². The average molecular weight is 931 g/mol. The topological polar surface area (TPSA) is 3.88 Å². The molecule has 23 heteroatoms. The van der Waals surface area contributed by atoms with Crippen LogP contribution in [0.25, 0.3) is 10.9 Å². The molecular formula is C40H14BF20NS. The fourth-order valence-corrected chi connectivity index (χ4v) is 7.36. The van der Waals surface area contributed by atoms with Crippen LogP contribution in [0.15, 0.2) is 71.8 Å². The van der Waals surface area contributed by atoms with E-state index in [1.54, 1.807) is 0 Å². The van der Waals surface area contributed by atoms with Gasteiger partial charge in [-0.2, -0.15) is 4.57 Å². The first-order valence-electron chi connectivity index (χ1n) is 16.9. The van der Waals surface area contributed by atoms with E-state index < -0.39 is 144 Å². The summed E-state index contributed by atoms with van der Waals surface area (Å²) in [5.41, 5.74) is -11.8. The third-order valence-electron chi connectivity index (χ3n) is 9.74. The zero-order valence-corrected chi connectivity index (χ0v) is 31.0. The summed E-state index contributed by atoms with van der Waals surface area (Å²) in [7, 11) is 0. The van der Waals surface area contributed by atoms with Gasteiger partial charge in [-0.1, -0.05) is 42.5 Å². The van der Waals surface area contributed by atoms with Crippen LogP contribution in [0, 0.1) is 116 Å². The third kappa shape index (κ3) is 7.28. The molecule has 7 rings (SSSR count). The number of nitrogens with zero attached hydrogens (tertiary/aromatic N) is 1. The fourth-order valence-electron chi connectivity index (χ4n) is 7.08. The maximum Gasteiger partial charge on any atom is 0.212 e. The van der Waals surface area contributed by atoms with Gasteiger partial charge in [-0.3, -0.25) is 0 Å². The van der Waals surface area contributed by atoms with Crippen molar-refractivity contribution in [2.75, 3.05) is 0 Å². The van der Waals surface area contributed by atoms with Crippen molar-refractivity contribution in [1.29, 1.82) is 0 Å². The second-order valence-corrected chi connectivity index (χ2v) is 13.7. The van der Waals surface area contributed by atoms with Gasteiger partial charge in [0.2, 0.25) is 5.52 Å². The van der Waals surface area contributed by atoms with Crippen molar-refractivity contribution in [3.63, 3.8) is 0 Å². The van der Waals surface area contributed by atoms with Crippen LogP contribution in [-0.4, -0.2) is 6.15 Å². The smallest absolute Gasteiger partial charge is 0.207 e. The van der Waals surface area contributed by atoms with Gasteiger partial charge in [0.25, 0.3) is 0 Å². The van der Waals surface area contributed by atoms with Gasteiger partial charge in [-0.15, -0.1) is 34.5 Å². The molecule has 0 amide bonds. The predicted molar refractivity (Wildman–Crippen MR) is 186 cm³/mol. The summed E-state index contributed by atoms with van der Waals surface area (Å²) >= 11 is 4.48. The minimum absolute atomic E-state index is 0.871. The van der Waals surface area contributed by atoms with Gasteiger partial charge in [-0.05, 0) is 12.1 Å². The second kappa shape index (κ2) is 17.1. The Bertz CT molecular complexity index is 2620. The van der Waals surface area contributed by atoms with Crippen molar-refractivity contribution in [1.82, 2.24) is 0 Å². The Balaban J connectivity index is 0.000000302. The molecule has 0 unspecified atom stereocenters. The van der Waals surface area contributed by atoms with Gasteiger partial charge in [0.05, 0.1) is 4.90 Å². The first-order chi connectivity index (χ1) is 29.5. The van der Waals surface area contributed by atoms with E-state index in [2.05, 4.69) is 78.0 Å². The Morgan fingerprint density at radius 1 is 0.349 bits per heavy atom. The molecule has 0 saturated heterocycles. The summed E-state index contributed by atoms with van der Waals surface area (Å²) in [6.45, 7) is 0.871. The second-order valence-electron chi connectivity index (χ2n) is 13.2. The van der Waals surface area contributed by atoms with Gasteiger partial charge in [0.15, 0.2) is 82.5 Å². The standard InChI is InChI=1S/C24BF20.C16H13NS/c26-5-1(6(27)14(35)21(42)13(5)34)25(2-7(28)15(36)22(43)16(37)8(2)29,3-9(30)17(38)23(44)18(39)10(3)31)4-11(32)19(40)24(45)20(41)12(4)33;18-15-10-14-8-4-5-9-16(14)17(12-15)11-13-6-2-1-3-7-13/h;1-10,12H,11H2/q-1;/p+1. The van der Waals surface area contributed by atoms with Crippen LogP contribution in [0.1, 0.15) is 5.56 Å². The zero-order chi connectivity index (χ0) is 46.7. The molecule has 0 radical (unpaired) electrons. The first kappa shape index (κ1) is 46.3. The molecule has 0 saturated carbocycles. The maximum absolute atomic E-state index is 15.4. The summed E-state index contributed by atoms with van der Waals surface area (Å²) in [5.74, 6) is -71.4. The lowest BCUT2D eigenvalue weighted by molar-refractivity contribution is -0.664. The van der Waals surface area contributed by atoms with Gasteiger partial charge in [0, 0.05) is 17.0 Å². The normalized spacial score (nSPS) is 11.6. The van der Waals surface area contributed by atoms with Crippen molar-refractivity contribution >= 4 is 51.5 Å². The molecule has 0 aliphatic heterocycles. The Morgan fingerprint density at radius 2 is 0.619 bits per heavy atom. The van der Waals surface area contributed by atoms with Crippen LogP contribution in [-0.2, 0) is 6.54 Å². The minimum atomic E-state index is -7.22. The summed E-state index contributed by atoms with van der Waals surface area (Å²) in [6, 6.07) is 21.0. The van der Waals surface area contributed by atoms with Crippen LogP contribution in [0.3, 0.4) is 0 Å². The van der Waals surface area contributed by atoms with E-state index in [1.165, 1.54) is 16.5 Å². The highest BCUT2D eigenvalue weighted by molar-refractivity contribution is 7.80. The predicted octanol–water partition coefficient (Wildman–Crippen LogP) is 9.31. The zero-order valence-electron chi connectivity index (χ0n) is 30.1. The molecule has 7 aromatic rings.